The first kappa shape index (κ1) is 27.3. The minimum atomic E-state index is -4.68. The molecule has 0 N–H and O–H groups in total. The van der Waals surface area contributed by atoms with Crippen LogP contribution in [-0.4, -0.2) is 36.1 Å². The molecule has 4 rings (SSSR count). The molecule has 198 valence electrons. The Morgan fingerprint density at radius 3 is 2.30 bits per heavy atom. The topological polar surface area (TPSA) is 57.7 Å². The molecule has 5 nitrogen and oxygen atoms in total. The van der Waals surface area contributed by atoms with Crippen molar-refractivity contribution in [2.75, 3.05) is 6.54 Å². The summed E-state index contributed by atoms with van der Waals surface area (Å²) in [6.07, 6.45) is -0.985. The Hall–Kier alpha value is -2.69. The van der Waals surface area contributed by atoms with Gasteiger partial charge < -0.3 is 4.90 Å². The molecule has 0 atom stereocenters. The Labute approximate surface area is 219 Å². The molecule has 0 bridgehead atoms. The van der Waals surface area contributed by atoms with Crippen LogP contribution in [0.3, 0.4) is 0 Å². The highest BCUT2D eigenvalue weighted by Crippen LogP contribution is 2.33. The number of carbonyl (C=O) groups is 1. The van der Waals surface area contributed by atoms with Gasteiger partial charge in [0.15, 0.2) is 0 Å². The van der Waals surface area contributed by atoms with Crippen LogP contribution in [0.25, 0.3) is 0 Å². The van der Waals surface area contributed by atoms with Crippen molar-refractivity contribution >= 4 is 27.3 Å². The minimum absolute atomic E-state index is 0.291. The van der Waals surface area contributed by atoms with E-state index in [0.717, 1.165) is 52.2 Å². The normalized spacial score (nSPS) is 15.1. The van der Waals surface area contributed by atoms with Gasteiger partial charge in [-0.3, -0.25) is 4.79 Å². The molecule has 0 saturated heterocycles. The number of sulfonamides is 1. The third-order valence-corrected chi connectivity index (χ3v) is 9.29. The Morgan fingerprint density at radius 2 is 1.65 bits per heavy atom. The molecular weight excluding hydrogens is 521 g/mol. The van der Waals surface area contributed by atoms with Crippen molar-refractivity contribution < 1.29 is 26.4 Å². The van der Waals surface area contributed by atoms with Gasteiger partial charge in [-0.2, -0.15) is 17.5 Å². The molecular formula is C27H29F3N2O3S2. The maximum atomic E-state index is 13.7. The summed E-state index contributed by atoms with van der Waals surface area (Å²) in [6, 6.07) is 16.5. The second kappa shape index (κ2) is 11.8. The quantitative estimate of drug-likeness (QED) is 0.313. The van der Waals surface area contributed by atoms with Crippen LogP contribution >= 0.6 is 11.3 Å². The Kier molecular flexibility index (Phi) is 8.71. The third kappa shape index (κ3) is 7.00. The molecule has 10 heteroatoms. The van der Waals surface area contributed by atoms with Crippen LogP contribution in [-0.2, 0) is 34.1 Å². The minimum Gasteiger partial charge on any atom is -0.332 e. The van der Waals surface area contributed by atoms with E-state index in [0.29, 0.717) is 32.0 Å². The van der Waals surface area contributed by atoms with E-state index in [2.05, 4.69) is 0 Å². The zero-order valence-corrected chi connectivity index (χ0v) is 21.9. The van der Waals surface area contributed by atoms with E-state index in [1.165, 1.54) is 11.3 Å². The van der Waals surface area contributed by atoms with E-state index in [4.69, 9.17) is 0 Å². The highest BCUT2D eigenvalue weighted by Gasteiger charge is 2.37. The average Bonchev–Trinajstić information content (AvgIpc) is 3.40. The van der Waals surface area contributed by atoms with Gasteiger partial charge in [-0.25, -0.2) is 8.42 Å². The van der Waals surface area contributed by atoms with Gasteiger partial charge in [-0.05, 0) is 48.1 Å². The molecule has 0 unspecified atom stereocenters. The summed E-state index contributed by atoms with van der Waals surface area (Å²) in [6.45, 7) is 0.175. The maximum absolute atomic E-state index is 13.7. The van der Waals surface area contributed by atoms with Crippen LogP contribution in [0.1, 0.15) is 48.1 Å². The molecule has 3 aromatic rings. The van der Waals surface area contributed by atoms with Crippen LogP contribution < -0.4 is 0 Å². The van der Waals surface area contributed by atoms with Gasteiger partial charge in [0.25, 0.3) is 0 Å². The number of hydrogen-bond acceptors (Lipinski definition) is 4. The Balaban J connectivity index is 1.65. The highest BCUT2D eigenvalue weighted by molar-refractivity contribution is 7.89. The number of hydrogen-bond donors (Lipinski definition) is 0. The molecule has 1 amide bonds. The molecule has 1 heterocycles. The molecule has 0 radical (unpaired) electrons. The molecule has 0 spiro atoms. The van der Waals surface area contributed by atoms with Crippen molar-refractivity contribution in [2.24, 2.45) is 0 Å². The number of benzene rings is 2. The summed E-state index contributed by atoms with van der Waals surface area (Å²) in [5, 5.41) is 1.91. The predicted molar refractivity (Wildman–Crippen MR) is 137 cm³/mol. The van der Waals surface area contributed by atoms with Gasteiger partial charge in [0.1, 0.15) is 0 Å². The molecule has 37 heavy (non-hydrogen) atoms. The fraction of sp³-hybridized carbons (Fsp3) is 0.370. The first-order valence-corrected chi connectivity index (χ1v) is 14.5. The fourth-order valence-electron chi connectivity index (χ4n) is 4.61. The first-order chi connectivity index (χ1) is 17.6. The van der Waals surface area contributed by atoms with Crippen LogP contribution in [0.4, 0.5) is 13.2 Å². The van der Waals surface area contributed by atoms with Crippen molar-refractivity contribution in [1.82, 2.24) is 9.21 Å². The van der Waals surface area contributed by atoms with Gasteiger partial charge in [0.05, 0.1) is 23.5 Å². The largest absolute Gasteiger partial charge is 0.416 e. The van der Waals surface area contributed by atoms with Crippen molar-refractivity contribution in [3.63, 3.8) is 0 Å². The van der Waals surface area contributed by atoms with Crippen molar-refractivity contribution in [3.05, 3.63) is 88.1 Å². The maximum Gasteiger partial charge on any atom is 0.416 e. The number of alkyl halides is 3. The Morgan fingerprint density at radius 1 is 0.919 bits per heavy atom. The lowest BCUT2D eigenvalue weighted by atomic mass is 9.95. The van der Waals surface area contributed by atoms with Crippen LogP contribution in [0.15, 0.2) is 77.0 Å². The number of nitrogens with zero attached hydrogens (tertiary/aromatic N) is 2. The molecule has 0 aliphatic heterocycles. The lowest BCUT2D eigenvalue weighted by molar-refractivity contribution is -0.137. The zero-order valence-electron chi connectivity index (χ0n) is 20.2. The van der Waals surface area contributed by atoms with Gasteiger partial charge >= 0.3 is 6.18 Å². The van der Waals surface area contributed by atoms with E-state index in [9.17, 15) is 26.4 Å². The standard InChI is InChI=1S/C27H29F3N2O3S2/c28-27(29,30)22-11-7-15-25(17-22)37(34,35)32(23-12-5-2-6-13-23)20-26(33)31(19-24-14-8-16-36-24)18-21-9-3-1-4-10-21/h1,3-4,7-11,14-17,23H,2,5-6,12-13,18-20H2. The highest BCUT2D eigenvalue weighted by atomic mass is 32.2. The molecule has 1 aliphatic carbocycles. The third-order valence-electron chi connectivity index (χ3n) is 6.54. The fourth-order valence-corrected chi connectivity index (χ4v) is 7.01. The van der Waals surface area contributed by atoms with E-state index >= 15 is 0 Å². The number of halogens is 3. The lowest BCUT2D eigenvalue weighted by Gasteiger charge is -2.34. The molecule has 1 fully saturated rings. The summed E-state index contributed by atoms with van der Waals surface area (Å²) in [4.78, 5) is 15.8. The van der Waals surface area contributed by atoms with E-state index in [1.54, 1.807) is 4.90 Å². The summed E-state index contributed by atoms with van der Waals surface area (Å²) >= 11 is 1.50. The van der Waals surface area contributed by atoms with Gasteiger partial charge in [-0.1, -0.05) is 61.7 Å². The summed E-state index contributed by atoms with van der Waals surface area (Å²) in [5.74, 6) is -0.390. The lowest BCUT2D eigenvalue weighted by Crippen LogP contribution is -2.47. The Bertz CT molecular complexity index is 1270. The van der Waals surface area contributed by atoms with Crippen LogP contribution in [0.5, 0.6) is 0 Å². The van der Waals surface area contributed by atoms with Crippen molar-refractivity contribution in [2.45, 2.75) is 62.3 Å². The number of carbonyl (C=O) groups excluding carboxylic acids is 1. The monoisotopic (exact) mass is 550 g/mol. The smallest absolute Gasteiger partial charge is 0.332 e. The second-order valence-corrected chi connectivity index (χ2v) is 12.1. The van der Waals surface area contributed by atoms with E-state index in [1.807, 2.05) is 47.8 Å². The predicted octanol–water partition coefficient (Wildman–Crippen LogP) is 6.32. The summed E-state index contributed by atoms with van der Waals surface area (Å²) in [7, 11) is -4.36. The molecule has 1 aliphatic rings. The van der Waals surface area contributed by atoms with Gasteiger partial charge in [0, 0.05) is 17.5 Å². The SMILES string of the molecule is O=C(CN(C1CCCCC1)S(=O)(=O)c1cccc(C(F)(F)F)c1)N(Cc1ccccc1)Cc1cccs1. The zero-order chi connectivity index (χ0) is 26.5. The number of amides is 1. The summed E-state index contributed by atoms with van der Waals surface area (Å²) < 4.78 is 68.6. The first-order valence-electron chi connectivity index (χ1n) is 12.2. The average molecular weight is 551 g/mol. The van der Waals surface area contributed by atoms with Crippen LogP contribution in [0.2, 0.25) is 0 Å². The van der Waals surface area contributed by atoms with Crippen molar-refractivity contribution in [1.29, 1.82) is 0 Å². The second-order valence-electron chi connectivity index (χ2n) is 9.18. The van der Waals surface area contributed by atoms with Crippen molar-refractivity contribution in [3.8, 4) is 0 Å². The molecule has 2 aromatic carbocycles. The van der Waals surface area contributed by atoms with Gasteiger partial charge in [-0.15, -0.1) is 11.3 Å². The number of rotatable bonds is 9. The summed E-state index contributed by atoms with van der Waals surface area (Å²) in [5.41, 5.74) is -0.135. The number of thiophene rings is 1. The van der Waals surface area contributed by atoms with Crippen LogP contribution in [0, 0.1) is 0 Å². The van der Waals surface area contributed by atoms with Gasteiger partial charge in [0.2, 0.25) is 15.9 Å². The molecule has 1 saturated carbocycles. The van der Waals surface area contributed by atoms with E-state index < -0.39 is 45.2 Å². The van der Waals surface area contributed by atoms with E-state index in [-0.39, 0.29) is 0 Å². The molecule has 1 aromatic heterocycles.